The lowest BCUT2D eigenvalue weighted by molar-refractivity contribution is 0.281. The molecule has 1 aromatic rings. The summed E-state index contributed by atoms with van der Waals surface area (Å²) >= 11 is 0. The smallest absolute Gasteiger partial charge is 0.126 e. The van der Waals surface area contributed by atoms with Crippen LogP contribution < -0.4 is 5.32 Å². The second-order valence-corrected chi connectivity index (χ2v) is 3.01. The minimum Gasteiger partial charge on any atom is -0.392 e. The minimum absolute atomic E-state index is 0.0506. The fourth-order valence-corrected chi connectivity index (χ4v) is 0.899. The lowest BCUT2D eigenvalue weighted by Gasteiger charge is -2.08. The standard InChI is InChI=1S/C9H14N2O/c1-7(2)11-9-4-3-8(6-12)5-10-9/h3-5,7,12H,6H2,1-2H3,(H,10,11). The van der Waals surface area contributed by atoms with Crippen molar-refractivity contribution in [3.63, 3.8) is 0 Å². The van der Waals surface area contributed by atoms with E-state index in [4.69, 9.17) is 5.11 Å². The molecule has 66 valence electrons. The molecule has 0 bridgehead atoms. The molecule has 0 spiro atoms. The van der Waals surface area contributed by atoms with E-state index < -0.39 is 0 Å². The second kappa shape index (κ2) is 4.07. The van der Waals surface area contributed by atoms with E-state index in [1.54, 1.807) is 6.20 Å². The van der Waals surface area contributed by atoms with E-state index in [-0.39, 0.29) is 6.61 Å². The van der Waals surface area contributed by atoms with Gasteiger partial charge in [-0.2, -0.15) is 0 Å². The Kier molecular flexibility index (Phi) is 3.05. The zero-order valence-electron chi connectivity index (χ0n) is 7.41. The van der Waals surface area contributed by atoms with Crippen LogP contribution >= 0.6 is 0 Å². The largest absolute Gasteiger partial charge is 0.392 e. The molecule has 0 radical (unpaired) electrons. The van der Waals surface area contributed by atoms with E-state index in [0.29, 0.717) is 6.04 Å². The summed E-state index contributed by atoms with van der Waals surface area (Å²) in [6.45, 7) is 4.16. The Morgan fingerprint density at radius 3 is 2.67 bits per heavy atom. The van der Waals surface area contributed by atoms with Crippen molar-refractivity contribution >= 4 is 5.82 Å². The molecule has 0 fully saturated rings. The quantitative estimate of drug-likeness (QED) is 0.713. The van der Waals surface area contributed by atoms with Crippen LogP contribution in [-0.4, -0.2) is 16.1 Å². The van der Waals surface area contributed by atoms with Gasteiger partial charge in [0.25, 0.3) is 0 Å². The van der Waals surface area contributed by atoms with E-state index in [1.807, 2.05) is 12.1 Å². The Morgan fingerprint density at radius 2 is 2.25 bits per heavy atom. The highest BCUT2D eigenvalue weighted by atomic mass is 16.3. The molecular formula is C9H14N2O. The molecule has 1 aromatic heterocycles. The van der Waals surface area contributed by atoms with Crippen molar-refractivity contribution in [1.82, 2.24) is 4.98 Å². The third-order valence-electron chi connectivity index (χ3n) is 1.44. The molecule has 1 rings (SSSR count). The summed E-state index contributed by atoms with van der Waals surface area (Å²) in [5.41, 5.74) is 0.837. The van der Waals surface area contributed by atoms with Gasteiger partial charge in [0.05, 0.1) is 6.61 Å². The van der Waals surface area contributed by atoms with Crippen LogP contribution in [0.3, 0.4) is 0 Å². The molecule has 3 nitrogen and oxygen atoms in total. The Morgan fingerprint density at radius 1 is 1.50 bits per heavy atom. The molecular weight excluding hydrogens is 152 g/mol. The van der Waals surface area contributed by atoms with E-state index in [2.05, 4.69) is 24.1 Å². The average molecular weight is 166 g/mol. The number of rotatable bonds is 3. The summed E-state index contributed by atoms with van der Waals surface area (Å²) in [6.07, 6.45) is 1.67. The first-order chi connectivity index (χ1) is 5.72. The molecule has 0 aliphatic heterocycles. The van der Waals surface area contributed by atoms with Crippen molar-refractivity contribution in [3.8, 4) is 0 Å². The molecule has 0 aromatic carbocycles. The SMILES string of the molecule is CC(C)Nc1ccc(CO)cn1. The van der Waals surface area contributed by atoms with Gasteiger partial charge in [-0.25, -0.2) is 4.98 Å². The summed E-state index contributed by atoms with van der Waals surface area (Å²) in [6, 6.07) is 4.11. The number of hydrogen-bond acceptors (Lipinski definition) is 3. The fourth-order valence-electron chi connectivity index (χ4n) is 0.899. The van der Waals surface area contributed by atoms with Gasteiger partial charge < -0.3 is 10.4 Å². The van der Waals surface area contributed by atoms with Crippen molar-refractivity contribution in [2.24, 2.45) is 0 Å². The maximum absolute atomic E-state index is 8.75. The van der Waals surface area contributed by atoms with Crippen molar-refractivity contribution in [2.45, 2.75) is 26.5 Å². The van der Waals surface area contributed by atoms with E-state index in [1.165, 1.54) is 0 Å². The summed E-state index contributed by atoms with van der Waals surface area (Å²) in [5, 5.41) is 11.9. The molecule has 0 aliphatic carbocycles. The lowest BCUT2D eigenvalue weighted by atomic mass is 10.3. The number of anilines is 1. The predicted octanol–water partition coefficient (Wildman–Crippen LogP) is 1.39. The van der Waals surface area contributed by atoms with Crippen molar-refractivity contribution in [3.05, 3.63) is 23.9 Å². The second-order valence-electron chi connectivity index (χ2n) is 3.01. The molecule has 0 saturated heterocycles. The third-order valence-corrected chi connectivity index (χ3v) is 1.44. The number of nitrogens with zero attached hydrogens (tertiary/aromatic N) is 1. The Labute approximate surface area is 72.5 Å². The fraction of sp³-hybridized carbons (Fsp3) is 0.444. The summed E-state index contributed by atoms with van der Waals surface area (Å²) < 4.78 is 0. The van der Waals surface area contributed by atoms with Gasteiger partial charge in [0.2, 0.25) is 0 Å². The summed E-state index contributed by atoms with van der Waals surface area (Å²) in [4.78, 5) is 4.12. The van der Waals surface area contributed by atoms with Crippen LogP contribution in [0, 0.1) is 0 Å². The predicted molar refractivity (Wildman–Crippen MR) is 48.9 cm³/mol. The van der Waals surface area contributed by atoms with Crippen molar-refractivity contribution in [1.29, 1.82) is 0 Å². The van der Waals surface area contributed by atoms with Gasteiger partial charge in [-0.1, -0.05) is 6.07 Å². The molecule has 0 unspecified atom stereocenters. The number of aromatic nitrogens is 1. The molecule has 2 N–H and O–H groups in total. The zero-order chi connectivity index (χ0) is 8.97. The summed E-state index contributed by atoms with van der Waals surface area (Å²) in [5.74, 6) is 0.849. The minimum atomic E-state index is 0.0506. The molecule has 3 heteroatoms. The highest BCUT2D eigenvalue weighted by molar-refractivity contribution is 5.35. The topological polar surface area (TPSA) is 45.1 Å². The molecule has 0 aliphatic rings. The van der Waals surface area contributed by atoms with Crippen LogP contribution in [0.15, 0.2) is 18.3 Å². The summed E-state index contributed by atoms with van der Waals surface area (Å²) in [7, 11) is 0. The van der Waals surface area contributed by atoms with Gasteiger partial charge >= 0.3 is 0 Å². The highest BCUT2D eigenvalue weighted by Gasteiger charge is 1.95. The Hall–Kier alpha value is -1.09. The monoisotopic (exact) mass is 166 g/mol. The zero-order valence-corrected chi connectivity index (χ0v) is 7.41. The van der Waals surface area contributed by atoms with Gasteiger partial charge in [-0.15, -0.1) is 0 Å². The Bertz CT molecular complexity index is 231. The highest BCUT2D eigenvalue weighted by Crippen LogP contribution is 2.05. The van der Waals surface area contributed by atoms with Crippen LogP contribution in [-0.2, 0) is 6.61 Å². The number of nitrogens with one attached hydrogen (secondary N) is 1. The van der Waals surface area contributed by atoms with Gasteiger partial charge in [0.15, 0.2) is 0 Å². The maximum Gasteiger partial charge on any atom is 0.126 e. The number of aliphatic hydroxyl groups is 1. The first-order valence-corrected chi connectivity index (χ1v) is 4.04. The van der Waals surface area contributed by atoms with E-state index in [9.17, 15) is 0 Å². The van der Waals surface area contributed by atoms with Crippen LogP contribution in [0.5, 0.6) is 0 Å². The van der Waals surface area contributed by atoms with Gasteiger partial charge in [-0.3, -0.25) is 0 Å². The molecule has 1 heterocycles. The Balaban J connectivity index is 2.65. The van der Waals surface area contributed by atoms with E-state index >= 15 is 0 Å². The van der Waals surface area contributed by atoms with Crippen molar-refractivity contribution < 1.29 is 5.11 Å². The third kappa shape index (κ3) is 2.51. The number of hydrogen-bond donors (Lipinski definition) is 2. The van der Waals surface area contributed by atoms with Crippen LogP contribution in [0.1, 0.15) is 19.4 Å². The maximum atomic E-state index is 8.75. The van der Waals surface area contributed by atoms with Gasteiger partial charge in [-0.05, 0) is 25.5 Å². The first kappa shape index (κ1) is 9.00. The number of pyridine rings is 1. The van der Waals surface area contributed by atoms with Crippen LogP contribution in [0.4, 0.5) is 5.82 Å². The van der Waals surface area contributed by atoms with Crippen molar-refractivity contribution in [2.75, 3.05) is 5.32 Å². The first-order valence-electron chi connectivity index (χ1n) is 4.04. The lowest BCUT2D eigenvalue weighted by Crippen LogP contribution is -2.10. The molecule has 0 atom stereocenters. The molecule has 0 saturated carbocycles. The molecule has 12 heavy (non-hydrogen) atoms. The van der Waals surface area contributed by atoms with Gasteiger partial charge in [0.1, 0.15) is 5.82 Å². The number of aliphatic hydroxyl groups excluding tert-OH is 1. The van der Waals surface area contributed by atoms with Crippen LogP contribution in [0.25, 0.3) is 0 Å². The van der Waals surface area contributed by atoms with Crippen LogP contribution in [0.2, 0.25) is 0 Å². The van der Waals surface area contributed by atoms with Gasteiger partial charge in [0, 0.05) is 12.2 Å². The molecule has 0 amide bonds. The normalized spacial score (nSPS) is 10.3. The average Bonchev–Trinajstić information content (AvgIpc) is 2.05. The van der Waals surface area contributed by atoms with E-state index in [0.717, 1.165) is 11.4 Å².